The highest BCUT2D eigenvalue weighted by atomic mass is 14.8. The quantitative estimate of drug-likeness (QED) is 0.694. The van der Waals surface area contributed by atoms with Crippen LogP contribution in [0.1, 0.15) is 24.8 Å². The van der Waals surface area contributed by atoms with Gasteiger partial charge in [0.15, 0.2) is 0 Å². The molecule has 1 saturated carbocycles. The second-order valence-electron chi connectivity index (χ2n) is 3.77. The Balaban J connectivity index is 1.61. The Hall–Kier alpha value is -0.890. The molecule has 2 rings (SSSR count). The second kappa shape index (κ2) is 4.38. The molecule has 0 aromatic carbocycles. The molecule has 0 amide bonds. The van der Waals surface area contributed by atoms with E-state index in [1.54, 1.807) is 0 Å². The van der Waals surface area contributed by atoms with Gasteiger partial charge < -0.3 is 5.32 Å². The number of rotatable bonds is 5. The monoisotopic (exact) mass is 176 g/mol. The van der Waals surface area contributed by atoms with Crippen LogP contribution in [0, 0.1) is 5.92 Å². The minimum Gasteiger partial charge on any atom is -0.313 e. The van der Waals surface area contributed by atoms with E-state index in [1.165, 1.54) is 24.8 Å². The van der Waals surface area contributed by atoms with Gasteiger partial charge in [-0.1, -0.05) is 18.9 Å². The molecule has 2 nitrogen and oxygen atoms in total. The van der Waals surface area contributed by atoms with Crippen molar-refractivity contribution in [2.75, 3.05) is 6.54 Å². The van der Waals surface area contributed by atoms with Gasteiger partial charge in [-0.3, -0.25) is 4.98 Å². The lowest BCUT2D eigenvalue weighted by Gasteiger charge is -2.02. The van der Waals surface area contributed by atoms with Crippen LogP contribution in [0.4, 0.5) is 0 Å². The molecular formula is C11H16N2. The topological polar surface area (TPSA) is 24.9 Å². The van der Waals surface area contributed by atoms with Gasteiger partial charge in [0.05, 0.1) is 0 Å². The van der Waals surface area contributed by atoms with E-state index < -0.39 is 0 Å². The van der Waals surface area contributed by atoms with E-state index in [2.05, 4.69) is 16.4 Å². The molecule has 1 fully saturated rings. The lowest BCUT2D eigenvalue weighted by atomic mass is 10.2. The molecule has 0 saturated heterocycles. The van der Waals surface area contributed by atoms with Crippen LogP contribution < -0.4 is 5.32 Å². The average molecular weight is 176 g/mol. The average Bonchev–Trinajstić information content (AvgIpc) is 2.98. The van der Waals surface area contributed by atoms with Crippen LogP contribution >= 0.6 is 0 Å². The third kappa shape index (κ3) is 3.15. The molecule has 0 spiro atoms. The Morgan fingerprint density at radius 3 is 3.08 bits per heavy atom. The van der Waals surface area contributed by atoms with Gasteiger partial charge in [0, 0.05) is 18.9 Å². The molecule has 1 aliphatic carbocycles. The summed E-state index contributed by atoms with van der Waals surface area (Å²) in [6.45, 7) is 2.11. The van der Waals surface area contributed by atoms with Crippen LogP contribution in [0.2, 0.25) is 0 Å². The zero-order valence-electron chi connectivity index (χ0n) is 7.87. The molecule has 1 heterocycles. The third-order valence-electron chi connectivity index (χ3n) is 2.48. The lowest BCUT2D eigenvalue weighted by Crippen LogP contribution is -2.15. The smallest absolute Gasteiger partial charge is 0.0312 e. The van der Waals surface area contributed by atoms with Crippen molar-refractivity contribution in [2.24, 2.45) is 5.92 Å². The summed E-state index contributed by atoms with van der Waals surface area (Å²) in [5, 5.41) is 3.43. The van der Waals surface area contributed by atoms with E-state index >= 15 is 0 Å². The van der Waals surface area contributed by atoms with Crippen molar-refractivity contribution in [3.8, 4) is 0 Å². The van der Waals surface area contributed by atoms with Crippen molar-refractivity contribution in [2.45, 2.75) is 25.8 Å². The Morgan fingerprint density at radius 1 is 1.46 bits per heavy atom. The normalized spacial score (nSPS) is 16.0. The van der Waals surface area contributed by atoms with Gasteiger partial charge in [0.25, 0.3) is 0 Å². The van der Waals surface area contributed by atoms with Crippen LogP contribution in [-0.4, -0.2) is 11.5 Å². The Bertz CT molecular complexity index is 242. The van der Waals surface area contributed by atoms with E-state index in [9.17, 15) is 0 Å². The van der Waals surface area contributed by atoms with Crippen LogP contribution in [-0.2, 0) is 6.54 Å². The van der Waals surface area contributed by atoms with Crippen LogP contribution in [0.3, 0.4) is 0 Å². The fourth-order valence-electron chi connectivity index (χ4n) is 1.45. The number of aromatic nitrogens is 1. The van der Waals surface area contributed by atoms with Gasteiger partial charge in [0.1, 0.15) is 0 Å². The highest BCUT2D eigenvalue weighted by Crippen LogP contribution is 2.31. The first-order valence-corrected chi connectivity index (χ1v) is 5.05. The van der Waals surface area contributed by atoms with E-state index in [-0.39, 0.29) is 0 Å². The maximum atomic E-state index is 4.07. The summed E-state index contributed by atoms with van der Waals surface area (Å²) in [7, 11) is 0. The molecular weight excluding hydrogens is 160 g/mol. The number of nitrogens with zero attached hydrogens (tertiary/aromatic N) is 1. The first-order valence-electron chi connectivity index (χ1n) is 5.05. The highest BCUT2D eigenvalue weighted by Gasteiger charge is 2.19. The number of hydrogen-bond acceptors (Lipinski definition) is 2. The zero-order chi connectivity index (χ0) is 8.93. The Labute approximate surface area is 79.4 Å². The SMILES string of the molecule is c1cncc(CNCCC2CC2)c1. The van der Waals surface area contributed by atoms with Crippen LogP contribution in [0.15, 0.2) is 24.5 Å². The first-order chi connectivity index (χ1) is 6.45. The molecule has 0 atom stereocenters. The fourth-order valence-corrected chi connectivity index (χ4v) is 1.45. The van der Waals surface area contributed by atoms with Gasteiger partial charge >= 0.3 is 0 Å². The maximum absolute atomic E-state index is 4.07. The van der Waals surface area contributed by atoms with Crippen molar-refractivity contribution in [1.29, 1.82) is 0 Å². The second-order valence-corrected chi connectivity index (χ2v) is 3.77. The molecule has 1 aromatic heterocycles. The van der Waals surface area contributed by atoms with Gasteiger partial charge in [-0.15, -0.1) is 0 Å². The van der Waals surface area contributed by atoms with E-state index in [4.69, 9.17) is 0 Å². The van der Waals surface area contributed by atoms with E-state index in [0.717, 1.165) is 19.0 Å². The summed E-state index contributed by atoms with van der Waals surface area (Å²) < 4.78 is 0. The minimum atomic E-state index is 0.959. The predicted molar refractivity (Wildman–Crippen MR) is 53.3 cm³/mol. The Morgan fingerprint density at radius 2 is 2.38 bits per heavy atom. The largest absolute Gasteiger partial charge is 0.313 e. The molecule has 1 aliphatic rings. The number of pyridine rings is 1. The summed E-state index contributed by atoms with van der Waals surface area (Å²) in [6.07, 6.45) is 7.99. The zero-order valence-corrected chi connectivity index (χ0v) is 7.87. The summed E-state index contributed by atoms with van der Waals surface area (Å²) >= 11 is 0. The molecule has 0 radical (unpaired) electrons. The third-order valence-corrected chi connectivity index (χ3v) is 2.48. The number of hydrogen-bond donors (Lipinski definition) is 1. The van der Waals surface area contributed by atoms with E-state index in [0.29, 0.717) is 0 Å². The molecule has 13 heavy (non-hydrogen) atoms. The fraction of sp³-hybridized carbons (Fsp3) is 0.545. The van der Waals surface area contributed by atoms with Crippen molar-refractivity contribution in [1.82, 2.24) is 10.3 Å². The standard InChI is InChI=1S/C11H16N2/c1-2-11(8-12-6-1)9-13-7-5-10-3-4-10/h1-2,6,8,10,13H,3-5,7,9H2. The van der Waals surface area contributed by atoms with Crippen molar-refractivity contribution >= 4 is 0 Å². The summed E-state index contributed by atoms with van der Waals surface area (Å²) in [4.78, 5) is 4.07. The molecule has 0 unspecified atom stereocenters. The highest BCUT2D eigenvalue weighted by molar-refractivity contribution is 5.07. The predicted octanol–water partition coefficient (Wildman–Crippen LogP) is 1.97. The molecule has 0 aliphatic heterocycles. The molecule has 1 aromatic rings. The van der Waals surface area contributed by atoms with Gasteiger partial charge in [-0.05, 0) is 30.5 Å². The van der Waals surface area contributed by atoms with Crippen molar-refractivity contribution < 1.29 is 0 Å². The molecule has 0 bridgehead atoms. The van der Waals surface area contributed by atoms with E-state index in [1.807, 2.05) is 18.5 Å². The lowest BCUT2D eigenvalue weighted by molar-refractivity contribution is 0.612. The van der Waals surface area contributed by atoms with Crippen molar-refractivity contribution in [3.63, 3.8) is 0 Å². The van der Waals surface area contributed by atoms with Gasteiger partial charge in [-0.25, -0.2) is 0 Å². The molecule has 70 valence electrons. The minimum absolute atomic E-state index is 0.959. The first kappa shape index (κ1) is 8.70. The van der Waals surface area contributed by atoms with Gasteiger partial charge in [0.2, 0.25) is 0 Å². The maximum Gasteiger partial charge on any atom is 0.0312 e. The molecule has 1 N–H and O–H groups in total. The molecule has 2 heteroatoms. The summed E-state index contributed by atoms with van der Waals surface area (Å²) in [5.74, 6) is 1.03. The Kier molecular flexibility index (Phi) is 2.93. The summed E-state index contributed by atoms with van der Waals surface area (Å²) in [5.41, 5.74) is 1.28. The van der Waals surface area contributed by atoms with Crippen LogP contribution in [0.5, 0.6) is 0 Å². The van der Waals surface area contributed by atoms with Crippen molar-refractivity contribution in [3.05, 3.63) is 30.1 Å². The number of nitrogens with one attached hydrogen (secondary N) is 1. The van der Waals surface area contributed by atoms with Gasteiger partial charge in [-0.2, -0.15) is 0 Å². The van der Waals surface area contributed by atoms with Crippen LogP contribution in [0.25, 0.3) is 0 Å². The summed E-state index contributed by atoms with van der Waals surface area (Å²) in [6, 6.07) is 4.09.